The second kappa shape index (κ2) is 8.70. The van der Waals surface area contributed by atoms with Gasteiger partial charge in [0, 0.05) is 24.8 Å². The predicted molar refractivity (Wildman–Crippen MR) is 120 cm³/mol. The minimum absolute atomic E-state index is 0.0134. The summed E-state index contributed by atoms with van der Waals surface area (Å²) >= 11 is 1.53. The Morgan fingerprint density at radius 3 is 2.62 bits per heavy atom. The highest BCUT2D eigenvalue weighted by molar-refractivity contribution is 7.90. The molecule has 0 spiro atoms. The molecular weight excluding hydrogens is 452 g/mol. The van der Waals surface area contributed by atoms with Gasteiger partial charge in [-0.2, -0.15) is 5.10 Å². The average Bonchev–Trinajstić information content (AvgIpc) is 3.30. The van der Waals surface area contributed by atoms with E-state index in [9.17, 15) is 18.3 Å². The number of benzene rings is 1. The fourth-order valence-corrected chi connectivity index (χ4v) is 5.70. The molecule has 11 heteroatoms. The molecule has 0 radical (unpaired) electrons. The van der Waals surface area contributed by atoms with Crippen LogP contribution in [0.15, 0.2) is 35.4 Å². The summed E-state index contributed by atoms with van der Waals surface area (Å²) in [4.78, 5) is 18.7. The molecular formula is C21H26N4O5S2. The first-order valence-corrected chi connectivity index (χ1v) is 13.1. The Hall–Kier alpha value is -2.66. The number of carbonyl (C=O) groups is 1. The Labute approximate surface area is 190 Å². The smallest absolute Gasteiger partial charge is 0.407 e. The van der Waals surface area contributed by atoms with Gasteiger partial charge >= 0.3 is 6.09 Å². The molecule has 32 heavy (non-hydrogen) atoms. The molecule has 4 rings (SSSR count). The molecule has 2 aromatic heterocycles. The summed E-state index contributed by atoms with van der Waals surface area (Å²) in [6, 6.07) is 6.27. The third kappa shape index (κ3) is 4.73. The normalized spacial score (nSPS) is 19.6. The fourth-order valence-electron chi connectivity index (χ4n) is 4.03. The van der Waals surface area contributed by atoms with Gasteiger partial charge in [-0.3, -0.25) is 0 Å². The van der Waals surface area contributed by atoms with Crippen LogP contribution in [0.2, 0.25) is 0 Å². The van der Waals surface area contributed by atoms with E-state index in [1.807, 2.05) is 6.20 Å². The van der Waals surface area contributed by atoms with E-state index in [-0.39, 0.29) is 29.4 Å². The van der Waals surface area contributed by atoms with Crippen LogP contribution in [0.1, 0.15) is 43.3 Å². The van der Waals surface area contributed by atoms with Crippen LogP contribution in [-0.4, -0.2) is 58.0 Å². The summed E-state index contributed by atoms with van der Waals surface area (Å²) < 4.78 is 30.6. The van der Waals surface area contributed by atoms with Crippen LogP contribution >= 0.6 is 11.3 Å². The SMILES string of the molecule is CC(C)C1CC(c2nn3cc(COc4ccc(S(C)(=O)=O)cc4)nc3s2)CCN1C(=O)O. The summed E-state index contributed by atoms with van der Waals surface area (Å²) in [6.45, 7) is 4.87. The second-order valence-corrected chi connectivity index (χ2v) is 11.4. The number of likely N-dealkylation sites (tertiary alicyclic amines) is 1. The molecule has 0 saturated carbocycles. The zero-order chi connectivity index (χ0) is 23.0. The third-order valence-electron chi connectivity index (χ3n) is 5.76. The number of aromatic nitrogens is 3. The Balaban J connectivity index is 1.42. The lowest BCUT2D eigenvalue weighted by atomic mass is 9.86. The maximum absolute atomic E-state index is 11.5. The molecule has 1 aromatic carbocycles. The molecule has 1 amide bonds. The molecule has 172 valence electrons. The summed E-state index contributed by atoms with van der Waals surface area (Å²) in [5, 5.41) is 15.1. The molecule has 1 fully saturated rings. The molecule has 2 atom stereocenters. The van der Waals surface area contributed by atoms with Gasteiger partial charge < -0.3 is 14.7 Å². The van der Waals surface area contributed by atoms with Gasteiger partial charge in [-0.1, -0.05) is 25.2 Å². The van der Waals surface area contributed by atoms with Crippen molar-refractivity contribution in [3.05, 3.63) is 41.2 Å². The van der Waals surface area contributed by atoms with Gasteiger partial charge in [0.25, 0.3) is 0 Å². The lowest BCUT2D eigenvalue weighted by Crippen LogP contribution is -2.47. The van der Waals surface area contributed by atoms with Crippen LogP contribution in [0.4, 0.5) is 4.79 Å². The van der Waals surface area contributed by atoms with Gasteiger partial charge in [0.05, 0.1) is 16.8 Å². The maximum Gasteiger partial charge on any atom is 0.407 e. The lowest BCUT2D eigenvalue weighted by molar-refractivity contribution is 0.0826. The number of piperidine rings is 1. The molecule has 1 aliphatic heterocycles. The molecule has 1 saturated heterocycles. The first kappa shape index (κ1) is 22.5. The van der Waals surface area contributed by atoms with Gasteiger partial charge in [0.15, 0.2) is 9.84 Å². The Morgan fingerprint density at radius 1 is 1.31 bits per heavy atom. The van der Waals surface area contributed by atoms with Crippen LogP contribution in [0, 0.1) is 5.92 Å². The predicted octanol–water partition coefficient (Wildman–Crippen LogP) is 3.66. The monoisotopic (exact) mass is 478 g/mol. The summed E-state index contributed by atoms with van der Waals surface area (Å²) in [5.41, 5.74) is 0.725. The van der Waals surface area contributed by atoms with Crippen molar-refractivity contribution < 1.29 is 23.1 Å². The van der Waals surface area contributed by atoms with E-state index in [1.165, 1.54) is 29.7 Å². The zero-order valence-corrected chi connectivity index (χ0v) is 19.8. The Morgan fingerprint density at radius 2 is 2.03 bits per heavy atom. The molecule has 2 unspecified atom stereocenters. The minimum Gasteiger partial charge on any atom is -0.487 e. The van der Waals surface area contributed by atoms with Crippen molar-refractivity contribution in [2.24, 2.45) is 5.92 Å². The van der Waals surface area contributed by atoms with E-state index in [0.717, 1.165) is 28.5 Å². The first-order valence-electron chi connectivity index (χ1n) is 10.4. The van der Waals surface area contributed by atoms with Crippen LogP contribution in [0.5, 0.6) is 5.75 Å². The average molecular weight is 479 g/mol. The zero-order valence-electron chi connectivity index (χ0n) is 18.1. The number of carboxylic acid groups (broad SMARTS) is 1. The van der Waals surface area contributed by atoms with Crippen molar-refractivity contribution >= 4 is 32.2 Å². The molecule has 3 aromatic rings. The van der Waals surface area contributed by atoms with Gasteiger partial charge in [0.1, 0.15) is 17.4 Å². The number of sulfone groups is 1. The van der Waals surface area contributed by atoms with Crippen LogP contribution in [0.25, 0.3) is 4.96 Å². The number of fused-ring (bicyclic) bond motifs is 1. The number of hydrogen-bond donors (Lipinski definition) is 1. The number of hydrogen-bond acceptors (Lipinski definition) is 7. The van der Waals surface area contributed by atoms with Gasteiger partial charge in [0.2, 0.25) is 4.96 Å². The van der Waals surface area contributed by atoms with Crippen LogP contribution in [-0.2, 0) is 16.4 Å². The fraction of sp³-hybridized carbons (Fsp3) is 0.476. The van der Waals surface area contributed by atoms with Gasteiger partial charge in [-0.05, 0) is 43.0 Å². The number of amides is 1. The van der Waals surface area contributed by atoms with Crippen molar-refractivity contribution in [3.63, 3.8) is 0 Å². The van der Waals surface area contributed by atoms with Gasteiger partial charge in [-0.15, -0.1) is 0 Å². The second-order valence-electron chi connectivity index (χ2n) is 8.44. The van der Waals surface area contributed by atoms with E-state index in [1.54, 1.807) is 21.5 Å². The first-order chi connectivity index (χ1) is 15.1. The molecule has 3 heterocycles. The maximum atomic E-state index is 11.5. The highest BCUT2D eigenvalue weighted by Crippen LogP contribution is 2.36. The van der Waals surface area contributed by atoms with E-state index >= 15 is 0 Å². The van der Waals surface area contributed by atoms with Crippen LogP contribution in [0.3, 0.4) is 0 Å². The molecule has 0 bridgehead atoms. The molecule has 1 aliphatic rings. The van der Waals surface area contributed by atoms with Gasteiger partial charge in [-0.25, -0.2) is 22.7 Å². The number of rotatable bonds is 6. The van der Waals surface area contributed by atoms with Crippen molar-refractivity contribution in [2.45, 2.75) is 50.2 Å². The quantitative estimate of drug-likeness (QED) is 0.575. The summed E-state index contributed by atoms with van der Waals surface area (Å²) in [5.74, 6) is 1.03. The standard InChI is InChI=1S/C21H26N4O5S2/c1-13(2)18-10-14(8-9-24(18)21(26)27)19-23-25-11-15(22-20(25)31-19)12-30-16-4-6-17(7-5-16)32(3,28)29/h4-7,11,13-14,18H,8-10,12H2,1-3H3,(H,26,27). The number of ether oxygens (including phenoxy) is 1. The van der Waals surface area contributed by atoms with E-state index in [2.05, 4.69) is 18.8 Å². The highest BCUT2D eigenvalue weighted by Gasteiger charge is 2.35. The van der Waals surface area contributed by atoms with E-state index in [0.29, 0.717) is 12.3 Å². The number of imidazole rings is 1. The summed E-state index contributed by atoms with van der Waals surface area (Å²) in [7, 11) is -3.24. The molecule has 0 aliphatic carbocycles. The largest absolute Gasteiger partial charge is 0.487 e. The molecule has 1 N–H and O–H groups in total. The van der Waals surface area contributed by atoms with E-state index < -0.39 is 15.9 Å². The van der Waals surface area contributed by atoms with Crippen molar-refractivity contribution in [1.29, 1.82) is 0 Å². The number of nitrogens with zero attached hydrogens (tertiary/aromatic N) is 4. The summed E-state index contributed by atoms with van der Waals surface area (Å²) in [6.07, 6.45) is 3.66. The van der Waals surface area contributed by atoms with E-state index in [4.69, 9.17) is 9.84 Å². The Bertz CT molecular complexity index is 1190. The van der Waals surface area contributed by atoms with Crippen molar-refractivity contribution in [2.75, 3.05) is 12.8 Å². The van der Waals surface area contributed by atoms with Crippen molar-refractivity contribution in [1.82, 2.24) is 19.5 Å². The minimum atomic E-state index is -3.24. The topological polar surface area (TPSA) is 114 Å². The Kier molecular flexibility index (Phi) is 6.13. The highest BCUT2D eigenvalue weighted by atomic mass is 32.2. The van der Waals surface area contributed by atoms with Crippen LogP contribution < -0.4 is 4.74 Å². The van der Waals surface area contributed by atoms with Crippen molar-refractivity contribution in [3.8, 4) is 5.75 Å². The molecule has 9 nitrogen and oxygen atoms in total. The lowest BCUT2D eigenvalue weighted by Gasteiger charge is -2.39. The third-order valence-corrected chi connectivity index (χ3v) is 7.97.